The van der Waals surface area contributed by atoms with E-state index in [1.807, 2.05) is 0 Å². The first-order valence-electron chi connectivity index (χ1n) is 6.59. The van der Waals surface area contributed by atoms with Crippen molar-refractivity contribution in [3.63, 3.8) is 0 Å². The van der Waals surface area contributed by atoms with Crippen molar-refractivity contribution in [3.05, 3.63) is 33.2 Å². The highest BCUT2D eigenvalue weighted by molar-refractivity contribution is 7.46. The van der Waals surface area contributed by atoms with E-state index in [-0.39, 0.29) is 29.5 Å². The number of hydrogen-bond acceptors (Lipinski definition) is 5. The molecule has 1 heterocycles. The maximum atomic E-state index is 14.4. The standard InChI is InChI=1S/C14H13F2O5P/c1-4-7-8-6(3)13(22(18)19)14(17)21-11(8)10(16)12(9(7)15)20-5-2/h4-5H2,1-3H3. The Morgan fingerprint density at radius 2 is 1.91 bits per heavy atom. The van der Waals surface area contributed by atoms with Crippen molar-refractivity contribution in [2.24, 2.45) is 0 Å². The SMILES string of the molecule is CCOc1c(F)c(CC)c2c(C)c([P+](=O)[O-])c(=O)oc2c1F. The van der Waals surface area contributed by atoms with Crippen LogP contribution in [0.5, 0.6) is 5.75 Å². The molecule has 1 atom stereocenters. The third-order valence-electron chi connectivity index (χ3n) is 3.33. The molecule has 0 bridgehead atoms. The Bertz CT molecular complexity index is 829. The molecule has 5 nitrogen and oxygen atoms in total. The van der Waals surface area contributed by atoms with Gasteiger partial charge in [0, 0.05) is 16.5 Å². The van der Waals surface area contributed by atoms with Crippen molar-refractivity contribution >= 4 is 24.3 Å². The topological polar surface area (TPSA) is 79.6 Å². The van der Waals surface area contributed by atoms with Gasteiger partial charge in [-0.1, -0.05) is 11.5 Å². The predicted octanol–water partition coefficient (Wildman–Crippen LogP) is 2.07. The highest BCUT2D eigenvalue weighted by atomic mass is 31.1. The summed E-state index contributed by atoms with van der Waals surface area (Å²) in [7, 11) is -3.24. The van der Waals surface area contributed by atoms with Crippen molar-refractivity contribution in [1.82, 2.24) is 0 Å². The summed E-state index contributed by atoms with van der Waals surface area (Å²) in [6, 6.07) is 0. The zero-order valence-corrected chi connectivity index (χ0v) is 13.1. The van der Waals surface area contributed by atoms with Gasteiger partial charge in [0.05, 0.1) is 6.61 Å². The van der Waals surface area contributed by atoms with Crippen LogP contribution in [-0.2, 0) is 11.0 Å². The monoisotopic (exact) mass is 330 g/mol. The van der Waals surface area contributed by atoms with Gasteiger partial charge in [-0.2, -0.15) is 4.39 Å². The molecule has 2 aromatic rings. The van der Waals surface area contributed by atoms with Gasteiger partial charge in [-0.25, -0.2) is 9.18 Å². The van der Waals surface area contributed by atoms with Crippen molar-refractivity contribution in [2.75, 3.05) is 6.61 Å². The van der Waals surface area contributed by atoms with Crippen molar-refractivity contribution in [1.29, 1.82) is 0 Å². The molecule has 8 heteroatoms. The fourth-order valence-electron chi connectivity index (χ4n) is 2.41. The molecule has 118 valence electrons. The largest absolute Gasteiger partial charge is 0.591 e. The Kier molecular flexibility index (Phi) is 4.58. The molecule has 1 aromatic carbocycles. The van der Waals surface area contributed by atoms with Crippen LogP contribution < -0.4 is 20.6 Å². The molecule has 0 N–H and O–H groups in total. The van der Waals surface area contributed by atoms with E-state index in [1.54, 1.807) is 13.8 Å². The predicted molar refractivity (Wildman–Crippen MR) is 74.9 cm³/mol. The van der Waals surface area contributed by atoms with Crippen LogP contribution in [0.25, 0.3) is 11.0 Å². The summed E-state index contributed by atoms with van der Waals surface area (Å²) in [4.78, 5) is 22.9. The summed E-state index contributed by atoms with van der Waals surface area (Å²) in [5.74, 6) is -2.70. The van der Waals surface area contributed by atoms with Gasteiger partial charge < -0.3 is 14.0 Å². The Morgan fingerprint density at radius 3 is 2.41 bits per heavy atom. The second-order valence-electron chi connectivity index (χ2n) is 4.55. The Labute approximate surface area is 125 Å². The second kappa shape index (κ2) is 6.10. The minimum absolute atomic E-state index is 0.0240. The van der Waals surface area contributed by atoms with Crippen LogP contribution in [0, 0.1) is 18.6 Å². The molecule has 2 rings (SSSR count). The summed E-state index contributed by atoms with van der Waals surface area (Å²) in [5.41, 5.74) is -1.67. The van der Waals surface area contributed by atoms with Crippen LogP contribution in [-0.4, -0.2) is 6.61 Å². The van der Waals surface area contributed by atoms with Gasteiger partial charge in [-0.15, -0.1) is 0 Å². The number of aryl methyl sites for hydroxylation is 2. The highest BCUT2D eigenvalue weighted by Gasteiger charge is 2.29. The molecular formula is C14H13F2O5P. The molecular weight excluding hydrogens is 317 g/mol. The van der Waals surface area contributed by atoms with Gasteiger partial charge in [0.2, 0.25) is 5.82 Å². The third kappa shape index (κ3) is 2.40. The molecule has 0 fully saturated rings. The van der Waals surface area contributed by atoms with Crippen LogP contribution in [0.15, 0.2) is 9.21 Å². The lowest BCUT2D eigenvalue weighted by molar-refractivity contribution is -0.160. The van der Waals surface area contributed by atoms with Crippen molar-refractivity contribution in [3.8, 4) is 5.75 Å². The van der Waals surface area contributed by atoms with E-state index < -0.39 is 41.9 Å². The summed E-state index contributed by atoms with van der Waals surface area (Å²) in [6.07, 6.45) is 0.145. The van der Waals surface area contributed by atoms with Gasteiger partial charge >= 0.3 is 13.7 Å². The lowest BCUT2D eigenvalue weighted by Gasteiger charge is -2.14. The van der Waals surface area contributed by atoms with Crippen LogP contribution >= 0.6 is 8.03 Å². The Hall–Kier alpha value is -1.85. The summed E-state index contributed by atoms with van der Waals surface area (Å²) in [5, 5.41) is -0.644. The quantitative estimate of drug-likeness (QED) is 0.633. The van der Waals surface area contributed by atoms with Crippen molar-refractivity contribution in [2.45, 2.75) is 27.2 Å². The van der Waals surface area contributed by atoms with Crippen LogP contribution in [0.1, 0.15) is 25.0 Å². The molecule has 0 saturated heterocycles. The minimum atomic E-state index is -3.24. The van der Waals surface area contributed by atoms with E-state index in [1.165, 1.54) is 6.92 Å². The first-order valence-corrected chi connectivity index (χ1v) is 7.77. The van der Waals surface area contributed by atoms with Gasteiger partial charge in [-0.3, -0.25) is 0 Å². The van der Waals surface area contributed by atoms with E-state index >= 15 is 0 Å². The lowest BCUT2D eigenvalue weighted by atomic mass is 10.0. The highest BCUT2D eigenvalue weighted by Crippen LogP contribution is 2.35. The first kappa shape index (κ1) is 16.5. The zero-order valence-electron chi connectivity index (χ0n) is 12.2. The molecule has 0 saturated carbocycles. The van der Waals surface area contributed by atoms with E-state index in [0.717, 1.165) is 0 Å². The average molecular weight is 330 g/mol. The summed E-state index contributed by atoms with van der Waals surface area (Å²) in [6.45, 7) is 4.52. The number of fused-ring (bicyclic) bond motifs is 1. The van der Waals surface area contributed by atoms with Gasteiger partial charge in [0.1, 0.15) is 0 Å². The van der Waals surface area contributed by atoms with Crippen LogP contribution in [0.3, 0.4) is 0 Å². The fourth-order valence-corrected chi connectivity index (χ4v) is 2.99. The maximum absolute atomic E-state index is 14.4. The molecule has 1 aromatic heterocycles. The third-order valence-corrected chi connectivity index (χ3v) is 4.22. The molecule has 0 aliphatic heterocycles. The van der Waals surface area contributed by atoms with Crippen LogP contribution in [0.2, 0.25) is 0 Å². The number of halogens is 2. The summed E-state index contributed by atoms with van der Waals surface area (Å²) >= 11 is 0. The molecule has 0 amide bonds. The fraction of sp³-hybridized carbons (Fsp3) is 0.357. The van der Waals surface area contributed by atoms with E-state index in [4.69, 9.17) is 9.15 Å². The van der Waals surface area contributed by atoms with Gasteiger partial charge in [0.25, 0.3) is 5.30 Å². The Balaban J connectivity index is 3.07. The number of ether oxygens (including phenoxy) is 1. The first-order chi connectivity index (χ1) is 10.3. The lowest BCUT2D eigenvalue weighted by Crippen LogP contribution is -2.26. The molecule has 0 aliphatic rings. The van der Waals surface area contributed by atoms with E-state index in [0.29, 0.717) is 0 Å². The maximum Gasteiger partial charge on any atom is 0.390 e. The molecule has 0 aliphatic carbocycles. The van der Waals surface area contributed by atoms with Gasteiger partial charge in [0.15, 0.2) is 17.1 Å². The Morgan fingerprint density at radius 1 is 1.27 bits per heavy atom. The smallest absolute Gasteiger partial charge is 0.390 e. The number of rotatable bonds is 4. The summed E-state index contributed by atoms with van der Waals surface area (Å²) < 4.78 is 49.7. The van der Waals surface area contributed by atoms with E-state index in [9.17, 15) is 23.0 Å². The normalized spacial score (nSPS) is 11.8. The minimum Gasteiger partial charge on any atom is -0.591 e. The molecule has 0 spiro atoms. The van der Waals surface area contributed by atoms with Crippen molar-refractivity contribution < 1.29 is 27.4 Å². The molecule has 22 heavy (non-hydrogen) atoms. The number of benzene rings is 1. The van der Waals surface area contributed by atoms with Crippen LogP contribution in [0.4, 0.5) is 8.78 Å². The van der Waals surface area contributed by atoms with Gasteiger partial charge in [-0.05, 0) is 20.3 Å². The number of hydrogen-bond donors (Lipinski definition) is 0. The average Bonchev–Trinajstić information content (AvgIpc) is 2.44. The molecule has 0 radical (unpaired) electrons. The van der Waals surface area contributed by atoms with E-state index in [2.05, 4.69) is 0 Å². The molecule has 1 unspecified atom stereocenters. The zero-order chi connectivity index (χ0) is 16.6. The second-order valence-corrected chi connectivity index (χ2v) is 5.51.